The predicted molar refractivity (Wildman–Crippen MR) is 141 cm³/mol. The third kappa shape index (κ3) is 4.91. The summed E-state index contributed by atoms with van der Waals surface area (Å²) >= 11 is 0. The summed E-state index contributed by atoms with van der Waals surface area (Å²) < 4.78 is 12.9. The molecule has 3 aromatic carbocycles. The lowest BCUT2D eigenvalue weighted by molar-refractivity contribution is 0.0516. The summed E-state index contributed by atoms with van der Waals surface area (Å²) in [6.07, 6.45) is 2.03. The lowest BCUT2D eigenvalue weighted by Crippen LogP contribution is -2.30. The smallest absolute Gasteiger partial charge is 0.355 e. The van der Waals surface area contributed by atoms with Gasteiger partial charge >= 0.3 is 12.0 Å². The fourth-order valence-corrected chi connectivity index (χ4v) is 4.46. The van der Waals surface area contributed by atoms with Gasteiger partial charge < -0.3 is 24.7 Å². The van der Waals surface area contributed by atoms with Gasteiger partial charge in [0.25, 0.3) is 0 Å². The van der Waals surface area contributed by atoms with Crippen molar-refractivity contribution < 1.29 is 19.1 Å². The van der Waals surface area contributed by atoms with Gasteiger partial charge in [-0.3, -0.25) is 0 Å². The van der Waals surface area contributed by atoms with Crippen LogP contribution in [0.2, 0.25) is 0 Å². The molecule has 36 heavy (non-hydrogen) atoms. The van der Waals surface area contributed by atoms with Gasteiger partial charge in [-0.1, -0.05) is 42.5 Å². The lowest BCUT2D eigenvalue weighted by atomic mass is 10.0. The molecule has 0 spiro atoms. The third-order valence-corrected chi connectivity index (χ3v) is 6.24. The maximum absolute atomic E-state index is 13.4. The zero-order valence-electron chi connectivity index (χ0n) is 20.4. The predicted octanol–water partition coefficient (Wildman–Crippen LogP) is 5.83. The normalized spacial score (nSPS) is 12.8. The fraction of sp³-hybridized carbons (Fsp3) is 0.241. The van der Waals surface area contributed by atoms with Crippen LogP contribution in [0.4, 0.5) is 10.5 Å². The molecule has 7 heteroatoms. The number of amides is 2. The Bertz CT molecular complexity index is 1420. The Morgan fingerprint density at radius 1 is 1.00 bits per heavy atom. The second-order valence-corrected chi connectivity index (χ2v) is 8.85. The third-order valence-electron chi connectivity index (χ3n) is 6.24. The number of hydrogen-bond acceptors (Lipinski definition) is 4. The summed E-state index contributed by atoms with van der Waals surface area (Å²) in [5, 5.41) is 6.79. The molecule has 2 N–H and O–H groups in total. The molecular weight excluding hydrogens is 454 g/mol. The first-order valence-corrected chi connectivity index (χ1v) is 12.2. The second-order valence-electron chi connectivity index (χ2n) is 8.85. The van der Waals surface area contributed by atoms with Gasteiger partial charge in [-0.05, 0) is 61.2 Å². The number of methoxy groups -OCH3 is 1. The van der Waals surface area contributed by atoms with E-state index in [2.05, 4.69) is 10.6 Å². The van der Waals surface area contributed by atoms with Gasteiger partial charge in [0, 0.05) is 34.7 Å². The highest BCUT2D eigenvalue weighted by molar-refractivity contribution is 6.09. The van der Waals surface area contributed by atoms with Crippen LogP contribution in [0.5, 0.6) is 5.75 Å². The van der Waals surface area contributed by atoms with Gasteiger partial charge in [0.05, 0.1) is 13.7 Å². The second kappa shape index (κ2) is 10.2. The molecule has 0 atom stereocenters. The average molecular weight is 484 g/mol. The van der Waals surface area contributed by atoms with E-state index in [0.29, 0.717) is 17.9 Å². The number of nitrogens with one attached hydrogen (secondary N) is 2. The van der Waals surface area contributed by atoms with Crippen LogP contribution >= 0.6 is 0 Å². The van der Waals surface area contributed by atoms with E-state index in [1.54, 1.807) is 14.0 Å². The van der Waals surface area contributed by atoms with Gasteiger partial charge in [0.15, 0.2) is 0 Å². The highest BCUT2D eigenvalue weighted by atomic mass is 16.5. The minimum absolute atomic E-state index is 0.222. The van der Waals surface area contributed by atoms with Crippen molar-refractivity contribution in [1.29, 1.82) is 0 Å². The largest absolute Gasteiger partial charge is 0.497 e. The number of esters is 1. The first kappa shape index (κ1) is 23.5. The van der Waals surface area contributed by atoms with Crippen LogP contribution in [0, 0.1) is 0 Å². The summed E-state index contributed by atoms with van der Waals surface area (Å²) in [4.78, 5) is 25.7. The van der Waals surface area contributed by atoms with Crippen LogP contribution in [0.15, 0.2) is 72.8 Å². The molecule has 0 saturated heterocycles. The van der Waals surface area contributed by atoms with Crippen LogP contribution in [-0.4, -0.2) is 36.3 Å². The quantitative estimate of drug-likeness (QED) is 0.309. The van der Waals surface area contributed by atoms with Crippen LogP contribution in [0.25, 0.3) is 22.0 Å². The minimum atomic E-state index is -0.392. The van der Waals surface area contributed by atoms with Crippen molar-refractivity contribution in [3.05, 3.63) is 84.1 Å². The number of aromatic nitrogens is 1. The van der Waals surface area contributed by atoms with E-state index in [-0.39, 0.29) is 18.7 Å². The molecule has 1 fully saturated rings. The number of rotatable bonds is 8. The first-order valence-electron chi connectivity index (χ1n) is 12.2. The van der Waals surface area contributed by atoms with Crippen molar-refractivity contribution in [3.8, 4) is 16.9 Å². The molecule has 1 aliphatic rings. The molecule has 1 aromatic heterocycles. The number of hydrogen-bond donors (Lipinski definition) is 2. The first-order chi connectivity index (χ1) is 17.6. The van der Waals surface area contributed by atoms with E-state index in [0.717, 1.165) is 46.2 Å². The van der Waals surface area contributed by atoms with E-state index in [1.807, 2.05) is 77.4 Å². The van der Waals surface area contributed by atoms with Gasteiger partial charge in [0.2, 0.25) is 0 Å². The van der Waals surface area contributed by atoms with Crippen molar-refractivity contribution >= 4 is 28.6 Å². The zero-order chi connectivity index (χ0) is 25.1. The van der Waals surface area contributed by atoms with Crippen molar-refractivity contribution in [2.45, 2.75) is 32.4 Å². The summed E-state index contributed by atoms with van der Waals surface area (Å²) in [5.41, 5.74) is 4.65. The number of ether oxygens (including phenoxy) is 2. The van der Waals surface area contributed by atoms with Crippen LogP contribution in [-0.2, 0) is 11.3 Å². The lowest BCUT2D eigenvalue weighted by Gasteiger charge is -2.13. The van der Waals surface area contributed by atoms with E-state index in [4.69, 9.17) is 9.47 Å². The molecule has 1 heterocycles. The molecule has 4 aromatic rings. The topological polar surface area (TPSA) is 81.6 Å². The molecule has 184 valence electrons. The number of benzene rings is 3. The van der Waals surface area contributed by atoms with Crippen LogP contribution < -0.4 is 15.4 Å². The van der Waals surface area contributed by atoms with Crippen LogP contribution in [0.1, 0.15) is 35.8 Å². The fourth-order valence-electron chi connectivity index (χ4n) is 4.46. The summed E-state index contributed by atoms with van der Waals surface area (Å²) in [5.74, 6) is 0.363. The number of urea groups is 1. The van der Waals surface area contributed by atoms with Crippen molar-refractivity contribution in [2.24, 2.45) is 0 Å². The van der Waals surface area contributed by atoms with Crippen LogP contribution in [0.3, 0.4) is 0 Å². The summed E-state index contributed by atoms with van der Waals surface area (Å²) in [7, 11) is 1.64. The number of fused-ring (bicyclic) bond motifs is 1. The van der Waals surface area contributed by atoms with E-state index in [1.165, 1.54) is 0 Å². The van der Waals surface area contributed by atoms with E-state index in [9.17, 15) is 9.59 Å². The van der Waals surface area contributed by atoms with Gasteiger partial charge in [-0.25, -0.2) is 9.59 Å². The number of anilines is 1. The standard InChI is InChI=1S/C29H29N3O4/c1-3-36-28(33)27-26(20-9-7-10-22(17-20)31-29(34)30-21-14-15-21)24-12-4-5-13-25(24)32(27)18-19-8-6-11-23(16-19)35-2/h4-13,16-17,21H,3,14-15,18H2,1-2H3,(H2,30,31,34). The monoisotopic (exact) mass is 483 g/mol. The maximum Gasteiger partial charge on any atom is 0.355 e. The number of carbonyl (C=O) groups excluding carboxylic acids is 2. The van der Waals surface area contributed by atoms with Gasteiger partial charge in [-0.15, -0.1) is 0 Å². The van der Waals surface area contributed by atoms with Gasteiger partial charge in [-0.2, -0.15) is 0 Å². The maximum atomic E-state index is 13.4. The molecule has 2 amide bonds. The Morgan fingerprint density at radius 2 is 1.81 bits per heavy atom. The molecule has 0 aliphatic heterocycles. The van der Waals surface area contributed by atoms with E-state index >= 15 is 0 Å². The molecule has 5 rings (SSSR count). The Morgan fingerprint density at radius 3 is 2.58 bits per heavy atom. The molecule has 0 bridgehead atoms. The Balaban J connectivity index is 1.62. The van der Waals surface area contributed by atoms with Gasteiger partial charge in [0.1, 0.15) is 11.4 Å². The number of carbonyl (C=O) groups is 2. The highest BCUT2D eigenvalue weighted by Gasteiger charge is 2.26. The molecule has 1 saturated carbocycles. The molecule has 0 radical (unpaired) electrons. The van der Waals surface area contributed by atoms with Crippen molar-refractivity contribution in [3.63, 3.8) is 0 Å². The van der Waals surface area contributed by atoms with E-state index < -0.39 is 5.97 Å². The number of para-hydroxylation sites is 1. The average Bonchev–Trinajstić information content (AvgIpc) is 3.64. The summed E-state index contributed by atoms with van der Waals surface area (Å²) in [6, 6.07) is 23.4. The van der Waals surface area contributed by atoms with Crippen molar-refractivity contribution in [1.82, 2.24) is 9.88 Å². The molecule has 1 aliphatic carbocycles. The Kier molecular flexibility index (Phi) is 6.62. The molecule has 0 unspecified atom stereocenters. The zero-order valence-corrected chi connectivity index (χ0v) is 20.4. The Labute approximate surface area is 210 Å². The SMILES string of the molecule is CCOC(=O)c1c(-c2cccc(NC(=O)NC3CC3)c2)c2ccccc2n1Cc1cccc(OC)c1. The molecular formula is C29H29N3O4. The minimum Gasteiger partial charge on any atom is -0.497 e. The summed E-state index contributed by atoms with van der Waals surface area (Å²) in [6.45, 7) is 2.53. The highest BCUT2D eigenvalue weighted by Crippen LogP contribution is 2.37. The Hall–Kier alpha value is -4.26. The molecule has 7 nitrogen and oxygen atoms in total. The number of nitrogens with zero attached hydrogens (tertiary/aromatic N) is 1. The van der Waals surface area contributed by atoms with Crippen molar-refractivity contribution in [2.75, 3.05) is 19.0 Å².